The van der Waals surface area contributed by atoms with Crippen molar-refractivity contribution in [2.24, 2.45) is 23.7 Å². The van der Waals surface area contributed by atoms with E-state index in [2.05, 4.69) is 0 Å². The number of ketones is 1. The first-order chi connectivity index (χ1) is 12.5. The molecule has 0 radical (unpaired) electrons. The van der Waals surface area contributed by atoms with Crippen molar-refractivity contribution in [2.45, 2.75) is 39.0 Å². The standard InChI is InChI=1S/C22H25ClO3/c1-12(24)3-4-15-5-6-18(20(23)21(15)25)22(26-2)19-16-8-13-7-14(10-16)11-17(19)9-13/h3-6,13-14,16-17,25H,7-11H2,1-2H3/b4-3+,22-19?. The number of allylic oxidation sites excluding steroid dienone is 2. The molecule has 1 N–H and O–H groups in total. The first kappa shape index (κ1) is 17.7. The quantitative estimate of drug-likeness (QED) is 0.563. The maximum Gasteiger partial charge on any atom is 0.152 e. The van der Waals surface area contributed by atoms with Crippen molar-refractivity contribution in [1.82, 2.24) is 0 Å². The van der Waals surface area contributed by atoms with E-state index in [-0.39, 0.29) is 11.5 Å². The number of rotatable bonds is 4. The van der Waals surface area contributed by atoms with Gasteiger partial charge in [-0.05, 0) is 86.5 Å². The van der Waals surface area contributed by atoms with Gasteiger partial charge in [0.1, 0.15) is 11.5 Å². The first-order valence-electron chi connectivity index (χ1n) is 9.46. The molecule has 0 atom stereocenters. The zero-order chi connectivity index (χ0) is 18.4. The van der Waals surface area contributed by atoms with Crippen LogP contribution in [-0.2, 0) is 9.53 Å². The van der Waals surface area contributed by atoms with Crippen molar-refractivity contribution < 1.29 is 14.6 Å². The summed E-state index contributed by atoms with van der Waals surface area (Å²) in [5, 5.41) is 10.8. The summed E-state index contributed by atoms with van der Waals surface area (Å²) >= 11 is 6.52. The molecule has 0 unspecified atom stereocenters. The Bertz CT molecular complexity index is 776. The predicted octanol–water partition coefficient (Wildman–Crippen LogP) is 5.46. The molecule has 0 saturated heterocycles. The van der Waals surface area contributed by atoms with E-state index in [4.69, 9.17) is 16.3 Å². The summed E-state index contributed by atoms with van der Waals surface area (Å²) in [6.07, 6.45) is 9.47. The number of carbonyl (C=O) groups excluding carboxylic acids is 1. The molecule has 0 amide bonds. The molecular weight excluding hydrogens is 348 g/mol. The monoisotopic (exact) mass is 372 g/mol. The molecule has 0 aromatic heterocycles. The lowest BCUT2D eigenvalue weighted by molar-refractivity contribution is -0.112. The molecule has 138 valence electrons. The van der Waals surface area contributed by atoms with E-state index < -0.39 is 0 Å². The fourth-order valence-electron chi connectivity index (χ4n) is 5.54. The lowest BCUT2D eigenvalue weighted by Gasteiger charge is -2.51. The molecule has 26 heavy (non-hydrogen) atoms. The van der Waals surface area contributed by atoms with E-state index >= 15 is 0 Å². The van der Waals surface area contributed by atoms with Gasteiger partial charge in [0.25, 0.3) is 0 Å². The molecule has 4 aliphatic rings. The van der Waals surface area contributed by atoms with Crippen LogP contribution in [0.25, 0.3) is 11.8 Å². The minimum absolute atomic E-state index is 0.000586. The van der Waals surface area contributed by atoms with E-state index in [1.54, 1.807) is 19.3 Å². The molecule has 4 saturated carbocycles. The van der Waals surface area contributed by atoms with E-state index in [0.29, 0.717) is 22.4 Å². The number of aromatic hydroxyl groups is 1. The molecule has 0 aliphatic heterocycles. The van der Waals surface area contributed by atoms with Gasteiger partial charge in [-0.2, -0.15) is 0 Å². The summed E-state index contributed by atoms with van der Waals surface area (Å²) in [6.45, 7) is 1.48. The summed E-state index contributed by atoms with van der Waals surface area (Å²) < 4.78 is 5.85. The van der Waals surface area contributed by atoms with Crippen LogP contribution in [-0.4, -0.2) is 18.0 Å². The summed E-state index contributed by atoms with van der Waals surface area (Å²) in [5.74, 6) is 3.72. The average molecular weight is 373 g/mol. The predicted molar refractivity (Wildman–Crippen MR) is 104 cm³/mol. The Morgan fingerprint density at radius 2 is 1.77 bits per heavy atom. The lowest BCUT2D eigenvalue weighted by Crippen LogP contribution is -2.40. The van der Waals surface area contributed by atoms with Crippen molar-refractivity contribution in [1.29, 1.82) is 0 Å². The smallest absolute Gasteiger partial charge is 0.152 e. The van der Waals surface area contributed by atoms with Crippen molar-refractivity contribution in [3.05, 3.63) is 39.9 Å². The van der Waals surface area contributed by atoms with Gasteiger partial charge in [0.15, 0.2) is 5.78 Å². The molecule has 1 aromatic carbocycles. The number of hydrogen-bond donors (Lipinski definition) is 1. The normalized spacial score (nSPS) is 29.4. The van der Waals surface area contributed by atoms with Crippen LogP contribution in [0.3, 0.4) is 0 Å². The van der Waals surface area contributed by atoms with Crippen LogP contribution < -0.4 is 0 Å². The zero-order valence-corrected chi connectivity index (χ0v) is 16.1. The fourth-order valence-corrected chi connectivity index (χ4v) is 5.80. The van der Waals surface area contributed by atoms with Crippen molar-refractivity contribution in [2.75, 3.05) is 7.11 Å². The number of ether oxygens (including phenoxy) is 1. The van der Waals surface area contributed by atoms with E-state index in [1.165, 1.54) is 50.7 Å². The van der Waals surface area contributed by atoms with Gasteiger partial charge in [-0.25, -0.2) is 0 Å². The Balaban J connectivity index is 1.76. The van der Waals surface area contributed by atoms with Gasteiger partial charge in [-0.15, -0.1) is 0 Å². The number of carbonyl (C=O) groups is 1. The Hall–Kier alpha value is -1.74. The Morgan fingerprint density at radius 3 is 2.31 bits per heavy atom. The molecular formula is C22H25ClO3. The highest BCUT2D eigenvalue weighted by Gasteiger charge is 2.46. The molecule has 0 heterocycles. The van der Waals surface area contributed by atoms with Crippen LogP contribution >= 0.6 is 11.6 Å². The summed E-state index contributed by atoms with van der Waals surface area (Å²) in [4.78, 5) is 11.2. The van der Waals surface area contributed by atoms with Crippen molar-refractivity contribution >= 4 is 29.2 Å². The highest BCUT2D eigenvalue weighted by atomic mass is 35.5. The fraction of sp³-hybridized carbons (Fsp3) is 0.500. The number of phenolic OH excluding ortho intramolecular Hbond substituents is 1. The molecule has 4 bridgehead atoms. The third-order valence-corrected chi connectivity index (χ3v) is 6.76. The maximum atomic E-state index is 11.2. The van der Waals surface area contributed by atoms with Crippen LogP contribution in [0.1, 0.15) is 50.2 Å². The number of phenols is 1. The Labute approximate surface area is 159 Å². The van der Waals surface area contributed by atoms with Crippen LogP contribution in [0.5, 0.6) is 5.75 Å². The number of hydrogen-bond acceptors (Lipinski definition) is 3. The van der Waals surface area contributed by atoms with E-state index in [0.717, 1.165) is 23.2 Å². The van der Waals surface area contributed by atoms with Gasteiger partial charge >= 0.3 is 0 Å². The molecule has 0 spiro atoms. The van der Waals surface area contributed by atoms with E-state index in [9.17, 15) is 9.90 Å². The Kier molecular flexibility index (Phi) is 4.60. The third-order valence-electron chi connectivity index (χ3n) is 6.37. The summed E-state index contributed by atoms with van der Waals surface area (Å²) in [5.41, 5.74) is 2.71. The van der Waals surface area contributed by atoms with Crippen molar-refractivity contribution in [3.63, 3.8) is 0 Å². The average Bonchev–Trinajstić information content (AvgIpc) is 2.59. The first-order valence-corrected chi connectivity index (χ1v) is 9.84. The maximum absolute atomic E-state index is 11.2. The lowest BCUT2D eigenvalue weighted by atomic mass is 9.54. The highest BCUT2D eigenvalue weighted by Crippen LogP contribution is 2.58. The second kappa shape index (κ2) is 6.77. The van der Waals surface area contributed by atoms with Crippen molar-refractivity contribution in [3.8, 4) is 5.75 Å². The molecule has 4 heteroatoms. The number of methoxy groups -OCH3 is 1. The third kappa shape index (κ3) is 2.96. The SMILES string of the molecule is COC(=C1C2CC3CC(C2)CC1C3)c1ccc(/C=C/C(C)=O)c(O)c1Cl. The second-order valence-electron chi connectivity index (χ2n) is 8.10. The van der Waals surface area contributed by atoms with Gasteiger partial charge in [0, 0.05) is 11.1 Å². The topological polar surface area (TPSA) is 46.5 Å². The molecule has 5 rings (SSSR count). The highest BCUT2D eigenvalue weighted by molar-refractivity contribution is 6.34. The van der Waals surface area contributed by atoms with E-state index in [1.807, 2.05) is 6.07 Å². The molecule has 4 aliphatic carbocycles. The van der Waals surface area contributed by atoms with Gasteiger partial charge in [-0.1, -0.05) is 17.7 Å². The van der Waals surface area contributed by atoms with Gasteiger partial charge in [0.2, 0.25) is 0 Å². The second-order valence-corrected chi connectivity index (χ2v) is 8.48. The van der Waals surface area contributed by atoms with Crippen LogP contribution in [0.4, 0.5) is 0 Å². The summed E-state index contributed by atoms with van der Waals surface area (Å²) in [6, 6.07) is 3.70. The minimum atomic E-state index is -0.0714. The molecule has 4 fully saturated rings. The largest absolute Gasteiger partial charge is 0.506 e. The number of benzene rings is 1. The van der Waals surface area contributed by atoms with Crippen LogP contribution in [0, 0.1) is 23.7 Å². The van der Waals surface area contributed by atoms with Crippen LogP contribution in [0.2, 0.25) is 5.02 Å². The van der Waals surface area contributed by atoms with Gasteiger partial charge < -0.3 is 9.84 Å². The molecule has 3 nitrogen and oxygen atoms in total. The minimum Gasteiger partial charge on any atom is -0.506 e. The Morgan fingerprint density at radius 1 is 1.15 bits per heavy atom. The molecule has 1 aromatic rings. The summed E-state index contributed by atoms with van der Waals surface area (Å²) in [7, 11) is 1.70. The van der Waals surface area contributed by atoms with Crippen LogP contribution in [0.15, 0.2) is 23.8 Å². The van der Waals surface area contributed by atoms with Gasteiger partial charge in [0.05, 0.1) is 12.1 Å². The number of halogens is 1. The zero-order valence-electron chi connectivity index (χ0n) is 15.3. The van der Waals surface area contributed by atoms with Gasteiger partial charge in [-0.3, -0.25) is 4.79 Å².